The molecule has 35 nitrogen and oxygen atoms in total. The van der Waals surface area contributed by atoms with E-state index in [-0.39, 0.29) is 6.54 Å². The van der Waals surface area contributed by atoms with E-state index in [2.05, 4.69) is 10.3 Å². The number of phosphoric ester groups is 2. The van der Waals surface area contributed by atoms with Gasteiger partial charge in [-0.05, 0) is 0 Å². The van der Waals surface area contributed by atoms with Crippen molar-refractivity contribution in [1.82, 2.24) is 0 Å². The molecule has 0 spiro atoms. The summed E-state index contributed by atoms with van der Waals surface area (Å²) in [6.45, 7) is -2.60. The fraction of sp³-hybridized carbons (Fsp3) is 1.00. The Bertz CT molecular complexity index is 1970. The van der Waals surface area contributed by atoms with Crippen molar-refractivity contribution >= 4 is 15.6 Å². The van der Waals surface area contributed by atoms with Gasteiger partial charge >= 0.3 is 0 Å². The van der Waals surface area contributed by atoms with Crippen molar-refractivity contribution in [3.63, 3.8) is 0 Å². The van der Waals surface area contributed by atoms with Crippen LogP contribution in [0.2, 0.25) is 0 Å². The molecule has 6 heterocycles. The molecule has 6 saturated heterocycles. The van der Waals surface area contributed by atoms with E-state index in [1.807, 2.05) is 0 Å². The maximum atomic E-state index is 12.4. The molecule has 33 atom stereocenters. The van der Waals surface area contributed by atoms with Crippen LogP contribution < -0.4 is 15.5 Å². The van der Waals surface area contributed by atoms with Gasteiger partial charge in [-0.25, -0.2) is 0 Å². The summed E-state index contributed by atoms with van der Waals surface area (Å²) in [6.07, 6.45) is -54.7. The first kappa shape index (κ1) is 63.7. The number of hydrogen-bond acceptors (Lipinski definition) is 34. The van der Waals surface area contributed by atoms with Crippen molar-refractivity contribution in [2.75, 3.05) is 46.2 Å². The molecule has 1 saturated carbocycles. The van der Waals surface area contributed by atoms with E-state index < -0.39 is 245 Å². The van der Waals surface area contributed by atoms with Gasteiger partial charge in [-0.1, -0.05) is 13.8 Å². The Morgan fingerprint density at radius 3 is 1.48 bits per heavy atom. The number of rotatable bonds is 20. The fourth-order valence-electron chi connectivity index (χ4n) is 9.79. The number of ether oxygens (including phenoxy) is 10. The minimum absolute atomic E-state index is 0.0110. The van der Waals surface area contributed by atoms with Gasteiger partial charge in [0.2, 0.25) is 0 Å². The minimum Gasteiger partial charge on any atom is -0.756 e. The van der Waals surface area contributed by atoms with Crippen molar-refractivity contribution in [1.29, 1.82) is 0 Å². The highest BCUT2D eigenvalue weighted by atomic mass is 31.2. The molecule has 7 fully saturated rings. The Morgan fingerprint density at radius 2 is 0.896 bits per heavy atom. The lowest BCUT2D eigenvalue weighted by Gasteiger charge is -2.49. The van der Waals surface area contributed by atoms with Crippen molar-refractivity contribution in [3.05, 3.63) is 0 Å². The largest absolute Gasteiger partial charge is 0.756 e. The molecule has 0 bridgehead atoms. The van der Waals surface area contributed by atoms with E-state index in [0.29, 0.717) is 0 Å². The number of quaternary nitrogens is 1. The topological polar surface area (TPSA) is 561 Å². The normalized spacial score (nSPS) is 52.5. The van der Waals surface area contributed by atoms with Gasteiger partial charge in [0.25, 0.3) is 15.6 Å². The van der Waals surface area contributed by atoms with Gasteiger partial charge in [0.1, 0.15) is 135 Å². The molecule has 77 heavy (non-hydrogen) atoms. The van der Waals surface area contributed by atoms with Crippen molar-refractivity contribution in [3.8, 4) is 0 Å². The second kappa shape index (κ2) is 26.4. The average Bonchev–Trinajstić information content (AvgIpc) is 3.74. The highest BCUT2D eigenvalue weighted by molar-refractivity contribution is 7.46. The standard InChI is InChI=1S/C40H71NO34P2/c1-10-17(45)31(35-32(18(10)46)74-77(60,61)75-35)71-36-11(2)19(47)30(14(7-44)67-36)70-38-29(57)25(53)22(50)15(68-38)8-62-39-33(26(54)21(49)13(6-43)66-39)73-40-34(72-37-28(56)24(52)20(48)12(5-42)65-37)27(55)23(51)16(69-40)9-64-76(58,59)63-4-3-41/h10-40,42-57H,3-9,41H2,1-2H3,(H,58,59)(H,60,61)/p-1/t10-,11?,12?,13?,14?,15?,16?,17?,18?,19+,20+,21+,22+,23+,24-,25-,26-,27-,28?,29?,30+,31?,32-,33?,34?,35-,36+,37+,38+,39-,40+/m0/s1. The van der Waals surface area contributed by atoms with Gasteiger partial charge in [-0.15, -0.1) is 0 Å². The van der Waals surface area contributed by atoms with Crippen molar-refractivity contribution < 1.29 is 172 Å². The minimum atomic E-state index is -5.12. The number of aliphatic hydroxyl groups is 16. The summed E-state index contributed by atoms with van der Waals surface area (Å²) in [5.41, 5.74) is 3.44. The Morgan fingerprint density at radius 1 is 0.468 bits per heavy atom. The Balaban J connectivity index is 1.08. The second-order valence-electron chi connectivity index (χ2n) is 19.6. The van der Waals surface area contributed by atoms with E-state index in [9.17, 15) is 101 Å². The van der Waals surface area contributed by atoms with Crippen LogP contribution in [0, 0.1) is 11.8 Å². The molecule has 450 valence electrons. The maximum Gasteiger partial charge on any atom is 0.268 e. The maximum absolute atomic E-state index is 12.4. The van der Waals surface area contributed by atoms with Crippen molar-refractivity contribution in [2.24, 2.45) is 11.8 Å². The number of phosphoric acid groups is 2. The molecule has 7 rings (SSSR count). The highest BCUT2D eigenvalue weighted by Gasteiger charge is 2.59. The van der Waals surface area contributed by atoms with Crippen LogP contribution in [0.25, 0.3) is 0 Å². The molecular formula is C40H70NO34P2-. The van der Waals surface area contributed by atoms with E-state index in [4.69, 9.17) is 60.9 Å². The predicted octanol–water partition coefficient (Wildman–Crippen LogP) is -12.9. The summed E-state index contributed by atoms with van der Waals surface area (Å²) in [6, 6.07) is 0. The molecule has 7 aliphatic rings. The van der Waals surface area contributed by atoms with Gasteiger partial charge in [0, 0.05) is 11.8 Å². The quantitative estimate of drug-likeness (QED) is 0.0503. The molecule has 0 aromatic carbocycles. The lowest BCUT2D eigenvalue weighted by molar-refractivity contribution is -0.397. The number of fused-ring (bicyclic) bond motifs is 1. The smallest absolute Gasteiger partial charge is 0.268 e. The fourth-order valence-corrected chi connectivity index (χ4v) is 11.7. The lowest BCUT2D eigenvalue weighted by atomic mass is 9.79. The average molecular weight is 1170 g/mol. The van der Waals surface area contributed by atoms with Crippen molar-refractivity contribution in [2.45, 2.75) is 192 Å². The molecule has 37 heteroatoms. The van der Waals surface area contributed by atoms with E-state index in [1.165, 1.54) is 13.8 Å². The first-order chi connectivity index (χ1) is 36.2. The van der Waals surface area contributed by atoms with E-state index >= 15 is 0 Å². The summed E-state index contributed by atoms with van der Waals surface area (Å²) in [5, 5.41) is 173. The molecule has 0 aromatic heterocycles. The molecule has 0 radical (unpaired) electrons. The monoisotopic (exact) mass is 1170 g/mol. The van der Waals surface area contributed by atoms with Gasteiger partial charge in [-0.3, -0.25) is 9.13 Å². The van der Waals surface area contributed by atoms with E-state index in [1.54, 1.807) is 0 Å². The molecular weight excluding hydrogens is 1100 g/mol. The molecule has 0 aromatic rings. The van der Waals surface area contributed by atoms with Crippen LogP contribution in [-0.2, 0) is 74.6 Å². The zero-order chi connectivity index (χ0) is 56.7. The number of aliphatic hydroxyl groups excluding tert-OH is 16. The van der Waals surface area contributed by atoms with E-state index in [0.717, 1.165) is 0 Å². The zero-order valence-electron chi connectivity index (χ0n) is 41.0. The third-order valence-corrected chi connectivity index (χ3v) is 16.4. The molecule has 0 amide bonds. The Kier molecular flexibility index (Phi) is 21.8. The zero-order valence-corrected chi connectivity index (χ0v) is 42.7. The van der Waals surface area contributed by atoms with Crippen LogP contribution in [0.5, 0.6) is 0 Å². The predicted molar refractivity (Wildman–Crippen MR) is 231 cm³/mol. The molecule has 1 aliphatic carbocycles. The first-order valence-electron chi connectivity index (χ1n) is 24.4. The first-order valence-corrected chi connectivity index (χ1v) is 27.4. The van der Waals surface area contributed by atoms with Crippen LogP contribution >= 0.6 is 15.6 Å². The lowest BCUT2D eigenvalue weighted by Crippen LogP contribution is -2.67. The summed E-state index contributed by atoms with van der Waals surface area (Å²) in [5.74, 6) is -2.20. The molecule has 6 aliphatic heterocycles. The van der Waals surface area contributed by atoms with Gasteiger partial charge < -0.3 is 163 Å². The SMILES string of the molecule is CC1[C@@H](OC2C(O)[C@H](C)C(O)[C@@H]3OP(=O)([O-])O[C@@H]23)OC(CO)[C@@H](O[C@H]2OC(CO[C@H]3OC(CO)[C@@H](O)[C@H](O)C3O[C@H]3OC(COP(=O)([O-])OCC[NH3+])[C@@H](O)[C@H](O)C3O[C@H]3OC(CO)[C@@H](O)[C@H](O)C3O)[C@@H](O)[C@H](O)C2O)[C@@H]1O. The van der Waals surface area contributed by atoms with Crippen LogP contribution in [0.15, 0.2) is 0 Å². The third kappa shape index (κ3) is 13.7. The van der Waals surface area contributed by atoms with Crippen LogP contribution in [-0.4, -0.2) is 306 Å². The summed E-state index contributed by atoms with van der Waals surface area (Å²) < 4.78 is 102. The van der Waals surface area contributed by atoms with Crippen LogP contribution in [0.4, 0.5) is 0 Å². The highest BCUT2D eigenvalue weighted by Crippen LogP contribution is 2.54. The Hall–Kier alpha value is -0.860. The van der Waals surface area contributed by atoms with Crippen LogP contribution in [0.1, 0.15) is 13.8 Å². The van der Waals surface area contributed by atoms with Gasteiger partial charge in [-0.2, -0.15) is 0 Å². The Labute approximate surface area is 436 Å². The van der Waals surface area contributed by atoms with Gasteiger partial charge in [0.15, 0.2) is 31.5 Å². The molecule has 15 unspecified atom stereocenters. The summed E-state index contributed by atoms with van der Waals surface area (Å²) in [4.78, 5) is 24.6. The second-order valence-corrected chi connectivity index (χ2v) is 22.3. The number of hydrogen-bond donors (Lipinski definition) is 17. The summed E-state index contributed by atoms with van der Waals surface area (Å²) in [7, 11) is -10.1. The third-order valence-electron chi connectivity index (χ3n) is 14.4. The van der Waals surface area contributed by atoms with Gasteiger partial charge in [0.05, 0.1) is 57.9 Å². The summed E-state index contributed by atoms with van der Waals surface area (Å²) >= 11 is 0. The molecule has 19 N–H and O–H groups in total. The van der Waals surface area contributed by atoms with Crippen LogP contribution in [0.3, 0.4) is 0 Å².